The lowest BCUT2D eigenvalue weighted by atomic mass is 9.73. The molecule has 1 aliphatic carbocycles. The molecule has 1 saturated carbocycles. The normalized spacial score (nSPS) is 18.9. The average Bonchev–Trinajstić information content (AvgIpc) is 2.75. The van der Waals surface area contributed by atoms with E-state index in [1.807, 2.05) is 0 Å². The van der Waals surface area contributed by atoms with Crippen molar-refractivity contribution < 1.29 is 29.3 Å². The van der Waals surface area contributed by atoms with Crippen LogP contribution in [0.15, 0.2) is 54.8 Å². The van der Waals surface area contributed by atoms with Crippen molar-refractivity contribution >= 4 is 21.9 Å². The Morgan fingerprint density at radius 1 is 0.594 bits per heavy atom. The first-order chi connectivity index (χ1) is 15.3. The van der Waals surface area contributed by atoms with Gasteiger partial charge in [0.2, 0.25) is 0 Å². The second-order valence-electron chi connectivity index (χ2n) is 8.23. The topological polar surface area (TPSA) is 141 Å². The van der Waals surface area contributed by atoms with E-state index in [4.69, 9.17) is 8.83 Å². The van der Waals surface area contributed by atoms with Gasteiger partial charge in [0.05, 0.1) is 0 Å². The molecule has 2 unspecified atom stereocenters. The molecule has 5 rings (SSSR count). The van der Waals surface area contributed by atoms with Gasteiger partial charge in [0, 0.05) is 34.0 Å². The lowest BCUT2D eigenvalue weighted by Crippen LogP contribution is -2.25. The molecule has 0 radical (unpaired) electrons. The Bertz CT molecular complexity index is 1370. The summed E-state index contributed by atoms with van der Waals surface area (Å²) in [5.41, 5.74) is -0.0380. The summed E-state index contributed by atoms with van der Waals surface area (Å²) in [4.78, 5) is 25.6. The summed E-state index contributed by atoms with van der Waals surface area (Å²) in [5.74, 6) is -2.04. The molecule has 1 aliphatic rings. The molecule has 2 aromatic heterocycles. The van der Waals surface area contributed by atoms with Crippen LogP contribution in [0.25, 0.3) is 21.9 Å². The van der Waals surface area contributed by atoms with E-state index in [-0.39, 0.29) is 46.0 Å². The fourth-order valence-corrected chi connectivity index (χ4v) is 4.71. The number of phenols is 4. The smallest absolute Gasteiger partial charge is 0.339 e. The standard InChI is InChI=1S/C24H20O8/c25-17-7-11-5-15(23(29)31-21(11)9-19(17)27)13-3-1-2-4-14(13)16-6-12-8-18(26)20(28)10-22(12)32-24(16)30/h5-10,13-14,25-28H,1-4H2. The van der Waals surface area contributed by atoms with Gasteiger partial charge in [-0.2, -0.15) is 0 Å². The molecule has 164 valence electrons. The third-order valence-corrected chi connectivity index (χ3v) is 6.28. The molecule has 2 atom stereocenters. The number of hydrogen-bond acceptors (Lipinski definition) is 8. The van der Waals surface area contributed by atoms with Gasteiger partial charge in [0.1, 0.15) is 11.2 Å². The molecule has 4 aromatic rings. The number of fused-ring (bicyclic) bond motifs is 2. The summed E-state index contributed by atoms with van der Waals surface area (Å²) in [6.07, 6.45) is 3.05. The molecule has 0 amide bonds. The maximum absolute atomic E-state index is 12.8. The van der Waals surface area contributed by atoms with Crippen LogP contribution in [0.1, 0.15) is 48.6 Å². The SMILES string of the molecule is O=c1oc2cc(O)c(O)cc2cc1C1CCCCC1c1cc2cc(O)c(O)cc2oc1=O. The molecule has 2 aromatic carbocycles. The highest BCUT2D eigenvalue weighted by atomic mass is 16.4. The van der Waals surface area contributed by atoms with Crippen molar-refractivity contribution in [3.05, 3.63) is 68.4 Å². The van der Waals surface area contributed by atoms with Crippen LogP contribution in [0.5, 0.6) is 23.0 Å². The van der Waals surface area contributed by atoms with Gasteiger partial charge < -0.3 is 29.3 Å². The summed E-state index contributed by atoms with van der Waals surface area (Å²) >= 11 is 0. The van der Waals surface area contributed by atoms with Gasteiger partial charge in [0.15, 0.2) is 23.0 Å². The first kappa shape index (κ1) is 20.0. The highest BCUT2D eigenvalue weighted by Crippen LogP contribution is 2.44. The number of phenolic OH excluding ortho intramolecular Hbond substituents is 4. The van der Waals surface area contributed by atoms with E-state index in [0.717, 1.165) is 12.8 Å². The van der Waals surface area contributed by atoms with E-state index in [1.54, 1.807) is 12.1 Å². The number of benzene rings is 2. The highest BCUT2D eigenvalue weighted by Gasteiger charge is 2.33. The van der Waals surface area contributed by atoms with Gasteiger partial charge in [-0.15, -0.1) is 0 Å². The Balaban J connectivity index is 1.65. The van der Waals surface area contributed by atoms with Crippen molar-refractivity contribution in [1.82, 2.24) is 0 Å². The maximum Gasteiger partial charge on any atom is 0.339 e. The minimum atomic E-state index is -0.563. The Kier molecular flexibility index (Phi) is 4.58. The molecule has 8 heteroatoms. The zero-order chi connectivity index (χ0) is 22.6. The number of aromatic hydroxyl groups is 4. The van der Waals surface area contributed by atoms with E-state index in [9.17, 15) is 30.0 Å². The van der Waals surface area contributed by atoms with Crippen LogP contribution in [-0.2, 0) is 0 Å². The van der Waals surface area contributed by atoms with Crippen LogP contribution in [0.3, 0.4) is 0 Å². The first-order valence-electron chi connectivity index (χ1n) is 10.3. The van der Waals surface area contributed by atoms with Crippen molar-refractivity contribution in [3.8, 4) is 23.0 Å². The van der Waals surface area contributed by atoms with Gasteiger partial charge in [-0.05, 0) is 48.9 Å². The molecule has 32 heavy (non-hydrogen) atoms. The fraction of sp³-hybridized carbons (Fsp3) is 0.250. The van der Waals surface area contributed by atoms with E-state index >= 15 is 0 Å². The maximum atomic E-state index is 12.8. The van der Waals surface area contributed by atoms with E-state index in [2.05, 4.69) is 0 Å². The van der Waals surface area contributed by atoms with Crippen molar-refractivity contribution in [3.63, 3.8) is 0 Å². The van der Waals surface area contributed by atoms with E-state index < -0.39 is 11.3 Å². The van der Waals surface area contributed by atoms with Gasteiger partial charge in [-0.1, -0.05) is 12.8 Å². The molecule has 0 bridgehead atoms. The van der Waals surface area contributed by atoms with Gasteiger partial charge in [-0.3, -0.25) is 0 Å². The van der Waals surface area contributed by atoms with Crippen molar-refractivity contribution in [2.24, 2.45) is 0 Å². The van der Waals surface area contributed by atoms with Crippen LogP contribution in [0, 0.1) is 0 Å². The summed E-state index contributed by atoms with van der Waals surface area (Å²) in [7, 11) is 0. The molecule has 0 spiro atoms. The second kappa shape index (κ2) is 7.33. The van der Waals surface area contributed by atoms with Gasteiger partial charge in [-0.25, -0.2) is 9.59 Å². The quantitative estimate of drug-likeness (QED) is 0.271. The zero-order valence-corrected chi connectivity index (χ0v) is 16.9. The highest BCUT2D eigenvalue weighted by molar-refractivity contribution is 5.82. The van der Waals surface area contributed by atoms with E-state index in [1.165, 1.54) is 24.3 Å². The summed E-state index contributed by atoms with van der Waals surface area (Å²) < 4.78 is 10.8. The molecule has 4 N–H and O–H groups in total. The minimum absolute atomic E-state index is 0.155. The predicted molar refractivity (Wildman–Crippen MR) is 116 cm³/mol. The van der Waals surface area contributed by atoms with Crippen LogP contribution in [0.2, 0.25) is 0 Å². The van der Waals surface area contributed by atoms with E-state index in [0.29, 0.717) is 34.7 Å². The third-order valence-electron chi connectivity index (χ3n) is 6.28. The molecule has 0 aliphatic heterocycles. The minimum Gasteiger partial charge on any atom is -0.504 e. The first-order valence-corrected chi connectivity index (χ1v) is 10.3. The largest absolute Gasteiger partial charge is 0.504 e. The summed E-state index contributed by atoms with van der Waals surface area (Å²) in [6, 6.07) is 8.30. The van der Waals surface area contributed by atoms with Crippen LogP contribution in [0.4, 0.5) is 0 Å². The fourth-order valence-electron chi connectivity index (χ4n) is 4.71. The Morgan fingerprint density at radius 3 is 1.38 bits per heavy atom. The molecule has 2 heterocycles. The summed E-state index contributed by atoms with van der Waals surface area (Å²) in [6.45, 7) is 0. The molecular weight excluding hydrogens is 416 g/mol. The predicted octanol–water partition coefficient (Wildman–Crippen LogP) is 4.16. The summed E-state index contributed by atoms with van der Waals surface area (Å²) in [5, 5.41) is 40.0. The number of hydrogen-bond donors (Lipinski definition) is 4. The number of rotatable bonds is 2. The average molecular weight is 436 g/mol. The Morgan fingerprint density at radius 2 is 0.969 bits per heavy atom. The Hall–Kier alpha value is -3.94. The molecule has 1 fully saturated rings. The molecule has 0 saturated heterocycles. The van der Waals surface area contributed by atoms with Crippen LogP contribution >= 0.6 is 0 Å². The lowest BCUT2D eigenvalue weighted by molar-refractivity contribution is 0.366. The molecular formula is C24H20O8. The van der Waals surface area contributed by atoms with Crippen LogP contribution in [-0.4, -0.2) is 20.4 Å². The lowest BCUT2D eigenvalue weighted by Gasteiger charge is -2.31. The van der Waals surface area contributed by atoms with Gasteiger partial charge in [0.25, 0.3) is 0 Å². The van der Waals surface area contributed by atoms with Crippen molar-refractivity contribution in [2.45, 2.75) is 37.5 Å². The van der Waals surface area contributed by atoms with Crippen molar-refractivity contribution in [2.75, 3.05) is 0 Å². The molecule has 8 nitrogen and oxygen atoms in total. The zero-order valence-electron chi connectivity index (χ0n) is 16.9. The van der Waals surface area contributed by atoms with Crippen molar-refractivity contribution in [1.29, 1.82) is 0 Å². The Labute approximate surface area is 180 Å². The second-order valence-corrected chi connectivity index (χ2v) is 8.23. The van der Waals surface area contributed by atoms with Gasteiger partial charge >= 0.3 is 11.3 Å². The van der Waals surface area contributed by atoms with Crippen LogP contribution < -0.4 is 11.3 Å². The monoisotopic (exact) mass is 436 g/mol. The third kappa shape index (κ3) is 3.24.